The molecule has 144 valence electrons. The molecule has 2 heterocycles. The minimum absolute atomic E-state index is 0.198. The third kappa shape index (κ3) is 3.67. The van der Waals surface area contributed by atoms with E-state index in [9.17, 15) is 15.0 Å². The minimum Gasteiger partial charge on any atom is -0.493 e. The Hall–Kier alpha value is -3.36. The second-order valence-corrected chi connectivity index (χ2v) is 7.91. The van der Waals surface area contributed by atoms with Gasteiger partial charge >= 0.3 is 5.97 Å². The van der Waals surface area contributed by atoms with Gasteiger partial charge in [0, 0.05) is 11.1 Å². The van der Waals surface area contributed by atoms with Gasteiger partial charge in [0.15, 0.2) is 10.00 Å². The van der Waals surface area contributed by atoms with Gasteiger partial charge < -0.3 is 10.2 Å². The predicted octanol–water partition coefficient (Wildman–Crippen LogP) is 4.53. The van der Waals surface area contributed by atoms with Gasteiger partial charge in [0.2, 0.25) is 5.88 Å². The fraction of sp³-hybridized carbons (Fsp3) is 0.0476. The summed E-state index contributed by atoms with van der Waals surface area (Å²) in [5, 5.41) is 28.8. The highest BCUT2D eigenvalue weighted by Gasteiger charge is 2.27. The summed E-state index contributed by atoms with van der Waals surface area (Å²) < 4.78 is 1.52. The number of hydrogen-bond donors (Lipinski definition) is 2. The standard InChI is InChI=1S/C21H15N3O3S2/c25-19-16(11-15-12-22-23-17(15)13-7-3-1-4-8-13)29-21(28)24(19)18(20(26)27)14-9-5-2-6-10-14/h1-12,18,25H,(H,26,27)/t18-/m0/s1. The molecule has 8 heteroatoms. The number of hydrogen-bond acceptors (Lipinski definition) is 6. The summed E-state index contributed by atoms with van der Waals surface area (Å²) in [5.74, 6) is -1.30. The zero-order valence-corrected chi connectivity index (χ0v) is 16.6. The van der Waals surface area contributed by atoms with Crippen molar-refractivity contribution >= 4 is 47.5 Å². The lowest BCUT2D eigenvalue weighted by Crippen LogP contribution is -2.20. The summed E-state index contributed by atoms with van der Waals surface area (Å²) in [4.78, 5) is 12.4. The molecule has 1 aliphatic rings. The van der Waals surface area contributed by atoms with Gasteiger partial charge in [-0.2, -0.15) is 5.10 Å². The average Bonchev–Trinajstić information content (AvgIpc) is 3.29. The summed E-state index contributed by atoms with van der Waals surface area (Å²) in [6.07, 6.45) is 3.32. The first-order valence-corrected chi connectivity index (χ1v) is 9.89. The SMILES string of the molecule is O=C(O)[C@H](c1ccccc1)n1c(O)c(C=C2C=NN=C2c2ccccc2)sc1=S. The van der Waals surface area contributed by atoms with E-state index in [-0.39, 0.29) is 9.83 Å². The molecule has 0 bridgehead atoms. The molecule has 0 amide bonds. The number of aromatic nitrogens is 1. The van der Waals surface area contributed by atoms with Crippen molar-refractivity contribution in [1.29, 1.82) is 0 Å². The van der Waals surface area contributed by atoms with Crippen molar-refractivity contribution in [2.75, 3.05) is 0 Å². The molecule has 0 saturated heterocycles. The molecule has 2 N–H and O–H groups in total. The molecule has 6 nitrogen and oxygen atoms in total. The second kappa shape index (κ2) is 7.94. The zero-order valence-electron chi connectivity index (χ0n) is 15.0. The summed E-state index contributed by atoms with van der Waals surface area (Å²) in [6, 6.07) is 17.1. The van der Waals surface area contributed by atoms with E-state index in [1.165, 1.54) is 4.57 Å². The van der Waals surface area contributed by atoms with Crippen LogP contribution in [0.5, 0.6) is 5.88 Å². The van der Waals surface area contributed by atoms with Crippen molar-refractivity contribution in [2.24, 2.45) is 10.2 Å². The highest BCUT2D eigenvalue weighted by Crippen LogP contribution is 2.34. The topological polar surface area (TPSA) is 87.2 Å². The Morgan fingerprint density at radius 3 is 2.41 bits per heavy atom. The lowest BCUT2D eigenvalue weighted by atomic mass is 10.0. The van der Waals surface area contributed by atoms with Gasteiger partial charge in [0.25, 0.3) is 0 Å². The first-order chi connectivity index (χ1) is 14.1. The van der Waals surface area contributed by atoms with Crippen LogP contribution in [0.15, 0.2) is 76.4 Å². The molecule has 1 atom stereocenters. The van der Waals surface area contributed by atoms with Crippen LogP contribution in [-0.4, -0.2) is 32.7 Å². The molecule has 0 unspecified atom stereocenters. The number of allylic oxidation sites excluding steroid dienone is 1. The Kier molecular flexibility index (Phi) is 5.20. The maximum atomic E-state index is 12.0. The number of thiazole rings is 1. The van der Waals surface area contributed by atoms with Crippen molar-refractivity contribution in [2.45, 2.75) is 6.04 Å². The molecule has 0 fully saturated rings. The predicted molar refractivity (Wildman–Crippen MR) is 116 cm³/mol. The number of aliphatic carboxylic acids is 1. The van der Waals surface area contributed by atoms with E-state index in [1.54, 1.807) is 42.6 Å². The van der Waals surface area contributed by atoms with Gasteiger partial charge in [-0.25, -0.2) is 4.79 Å². The molecule has 4 rings (SSSR count). The van der Waals surface area contributed by atoms with E-state index >= 15 is 0 Å². The van der Waals surface area contributed by atoms with E-state index in [2.05, 4.69) is 10.2 Å². The molecule has 1 aliphatic heterocycles. The zero-order chi connectivity index (χ0) is 20.4. The van der Waals surface area contributed by atoms with Crippen LogP contribution in [0, 0.1) is 3.95 Å². The molecule has 3 aromatic rings. The lowest BCUT2D eigenvalue weighted by molar-refractivity contribution is -0.139. The second-order valence-electron chi connectivity index (χ2n) is 6.24. The molecule has 29 heavy (non-hydrogen) atoms. The molecular formula is C21H15N3O3S2. The van der Waals surface area contributed by atoms with Crippen molar-refractivity contribution in [3.8, 4) is 5.88 Å². The Bertz CT molecular complexity index is 1210. The number of rotatable bonds is 5. The maximum absolute atomic E-state index is 12.0. The van der Waals surface area contributed by atoms with Crippen molar-refractivity contribution < 1.29 is 15.0 Å². The molecule has 0 radical (unpaired) electrons. The largest absolute Gasteiger partial charge is 0.493 e. The summed E-state index contributed by atoms with van der Waals surface area (Å²) >= 11 is 6.52. The molecule has 2 aromatic carbocycles. The van der Waals surface area contributed by atoms with Crippen LogP contribution in [0.1, 0.15) is 22.0 Å². The van der Waals surface area contributed by atoms with Crippen LogP contribution >= 0.6 is 23.6 Å². The fourth-order valence-corrected chi connectivity index (χ4v) is 4.40. The monoisotopic (exact) mass is 421 g/mol. The number of benzene rings is 2. The van der Waals surface area contributed by atoms with Gasteiger partial charge in [0.1, 0.15) is 5.71 Å². The molecule has 0 saturated carbocycles. The molecule has 0 aliphatic carbocycles. The van der Waals surface area contributed by atoms with Crippen LogP contribution in [-0.2, 0) is 4.79 Å². The summed E-state index contributed by atoms with van der Waals surface area (Å²) in [7, 11) is 0. The minimum atomic E-state index is -1.12. The van der Waals surface area contributed by atoms with Crippen LogP contribution in [0.4, 0.5) is 0 Å². The third-order valence-corrected chi connectivity index (χ3v) is 5.75. The first-order valence-electron chi connectivity index (χ1n) is 8.67. The molecule has 0 spiro atoms. The smallest absolute Gasteiger partial charge is 0.331 e. The number of carboxylic acids is 1. The van der Waals surface area contributed by atoms with E-state index in [1.807, 2.05) is 30.3 Å². The van der Waals surface area contributed by atoms with Gasteiger partial charge in [-0.05, 0) is 23.9 Å². The number of nitrogens with zero attached hydrogens (tertiary/aromatic N) is 3. The van der Waals surface area contributed by atoms with Crippen molar-refractivity contribution in [3.63, 3.8) is 0 Å². The van der Waals surface area contributed by atoms with Gasteiger partial charge in [-0.3, -0.25) is 4.57 Å². The number of aromatic hydroxyl groups is 1. The van der Waals surface area contributed by atoms with E-state index in [0.29, 0.717) is 21.7 Å². The Balaban J connectivity index is 1.77. The normalized spacial score (nSPS) is 15.4. The average molecular weight is 422 g/mol. The fourth-order valence-electron chi connectivity index (χ4n) is 3.09. The Labute approximate surface area is 175 Å². The highest BCUT2D eigenvalue weighted by molar-refractivity contribution is 7.73. The van der Waals surface area contributed by atoms with E-state index in [4.69, 9.17) is 12.2 Å². The van der Waals surface area contributed by atoms with Crippen molar-refractivity contribution in [1.82, 2.24) is 4.57 Å². The maximum Gasteiger partial charge on any atom is 0.331 e. The van der Waals surface area contributed by atoms with E-state index < -0.39 is 12.0 Å². The quantitative estimate of drug-likeness (QED) is 0.593. The first kappa shape index (κ1) is 19.0. The molecular weight excluding hydrogens is 406 g/mol. The summed E-state index contributed by atoms with van der Waals surface area (Å²) in [6.45, 7) is 0. The van der Waals surface area contributed by atoms with E-state index in [0.717, 1.165) is 16.9 Å². The van der Waals surface area contributed by atoms with Crippen LogP contribution in [0.25, 0.3) is 6.08 Å². The lowest BCUT2D eigenvalue weighted by Gasteiger charge is -2.15. The third-order valence-electron chi connectivity index (χ3n) is 4.41. The highest BCUT2D eigenvalue weighted by atomic mass is 32.1. The Morgan fingerprint density at radius 1 is 1.10 bits per heavy atom. The Morgan fingerprint density at radius 2 is 1.76 bits per heavy atom. The number of carboxylic acid groups (broad SMARTS) is 1. The number of carbonyl (C=O) groups is 1. The van der Waals surface area contributed by atoms with Crippen LogP contribution in [0.3, 0.4) is 0 Å². The van der Waals surface area contributed by atoms with Gasteiger partial charge in [-0.1, -0.05) is 60.7 Å². The summed E-state index contributed by atoms with van der Waals surface area (Å²) in [5.41, 5.74) is 2.80. The van der Waals surface area contributed by atoms with Crippen LogP contribution < -0.4 is 0 Å². The van der Waals surface area contributed by atoms with Gasteiger partial charge in [-0.15, -0.1) is 16.4 Å². The van der Waals surface area contributed by atoms with Crippen LogP contribution in [0.2, 0.25) is 0 Å². The molecule has 1 aromatic heterocycles. The van der Waals surface area contributed by atoms with Gasteiger partial charge in [0.05, 0.1) is 11.1 Å². The van der Waals surface area contributed by atoms with Crippen molar-refractivity contribution in [3.05, 3.63) is 86.2 Å².